The van der Waals surface area contributed by atoms with Gasteiger partial charge in [-0.1, -0.05) is 17.3 Å². The van der Waals surface area contributed by atoms with Crippen LogP contribution < -0.4 is 0 Å². The number of halogens is 1. The third kappa shape index (κ3) is 2.93. The lowest BCUT2D eigenvalue weighted by atomic mass is 9.75. The summed E-state index contributed by atoms with van der Waals surface area (Å²) in [7, 11) is 0. The molecule has 0 bridgehead atoms. The molecule has 2 aromatic heterocycles. The Morgan fingerprint density at radius 1 is 1.21 bits per heavy atom. The van der Waals surface area contributed by atoms with Gasteiger partial charge in [0.05, 0.1) is 30.0 Å². The second-order valence-electron chi connectivity index (χ2n) is 8.36. The summed E-state index contributed by atoms with van der Waals surface area (Å²) in [4.78, 5) is 17.4. The number of aromatic nitrogens is 3. The summed E-state index contributed by atoms with van der Waals surface area (Å²) in [5.74, 6) is 1.32. The van der Waals surface area contributed by atoms with Gasteiger partial charge >= 0.3 is 0 Å². The number of ketones is 1. The van der Waals surface area contributed by atoms with Gasteiger partial charge in [0.15, 0.2) is 0 Å². The molecule has 0 amide bonds. The summed E-state index contributed by atoms with van der Waals surface area (Å²) in [6.07, 6.45) is 7.43. The highest BCUT2D eigenvalue weighted by molar-refractivity contribution is 5.83. The van der Waals surface area contributed by atoms with Crippen LogP contribution in [0.2, 0.25) is 0 Å². The molecule has 1 unspecified atom stereocenters. The fourth-order valence-electron chi connectivity index (χ4n) is 5.33. The Kier molecular flexibility index (Phi) is 4.37. The van der Waals surface area contributed by atoms with E-state index in [-0.39, 0.29) is 23.6 Å². The van der Waals surface area contributed by atoms with E-state index < -0.39 is 0 Å². The van der Waals surface area contributed by atoms with E-state index in [9.17, 15) is 9.18 Å². The number of carbonyl (C=O) groups excluding carboxylic acids is 1. The van der Waals surface area contributed by atoms with Crippen LogP contribution in [0.4, 0.5) is 4.39 Å². The van der Waals surface area contributed by atoms with Gasteiger partial charge in [-0.25, -0.2) is 9.37 Å². The van der Waals surface area contributed by atoms with E-state index in [2.05, 4.69) is 10.1 Å². The Morgan fingerprint density at radius 2 is 2.00 bits per heavy atom. The minimum atomic E-state index is -0.295. The molecule has 3 aromatic rings. The number of Topliss-reactive ketones (excluding diaryl/α,β-unsaturated/α-hetero) is 1. The summed E-state index contributed by atoms with van der Waals surface area (Å²) in [5, 5.41) is 4.07. The molecule has 1 aliphatic carbocycles. The molecule has 1 aromatic carbocycles. The van der Waals surface area contributed by atoms with Gasteiger partial charge < -0.3 is 9.09 Å². The number of rotatable bonds is 4. The maximum atomic E-state index is 14.6. The fraction of sp³-hybridized carbons (Fsp3) is 0.435. The van der Waals surface area contributed by atoms with Gasteiger partial charge in [-0.3, -0.25) is 4.79 Å². The average Bonchev–Trinajstić information content (AvgIpc) is 3.39. The minimum absolute atomic E-state index is 0.0366. The van der Waals surface area contributed by atoms with Crippen LogP contribution in [-0.4, -0.2) is 20.5 Å². The van der Waals surface area contributed by atoms with Crippen LogP contribution in [-0.2, 0) is 4.79 Å². The van der Waals surface area contributed by atoms with Crippen molar-refractivity contribution >= 4 is 5.78 Å². The first kappa shape index (κ1) is 18.3. The molecule has 1 atom stereocenters. The van der Waals surface area contributed by atoms with Crippen LogP contribution in [0.5, 0.6) is 0 Å². The lowest BCUT2D eigenvalue weighted by Crippen LogP contribution is -2.24. The molecule has 1 aliphatic heterocycles. The molecule has 1 saturated carbocycles. The molecule has 3 heterocycles. The number of fused-ring (bicyclic) bond motifs is 3. The second kappa shape index (κ2) is 6.94. The van der Waals surface area contributed by atoms with Gasteiger partial charge in [0.1, 0.15) is 17.4 Å². The minimum Gasteiger partial charge on any atom is -0.361 e. The normalized spacial score (nSPS) is 23.1. The van der Waals surface area contributed by atoms with Crippen molar-refractivity contribution in [3.63, 3.8) is 0 Å². The number of benzene rings is 1. The molecule has 0 N–H and O–H groups in total. The molecule has 6 heteroatoms. The van der Waals surface area contributed by atoms with E-state index in [1.807, 2.05) is 24.5 Å². The molecule has 0 radical (unpaired) electrons. The van der Waals surface area contributed by atoms with Crippen LogP contribution in [0.15, 0.2) is 35.2 Å². The average molecular weight is 393 g/mol. The van der Waals surface area contributed by atoms with Crippen molar-refractivity contribution in [2.24, 2.45) is 5.92 Å². The van der Waals surface area contributed by atoms with E-state index in [1.54, 1.807) is 18.6 Å². The Labute approximate surface area is 168 Å². The predicted molar refractivity (Wildman–Crippen MR) is 106 cm³/mol. The highest BCUT2D eigenvalue weighted by Gasteiger charge is 2.36. The predicted octanol–water partition coefficient (Wildman–Crippen LogP) is 5.13. The van der Waals surface area contributed by atoms with Gasteiger partial charge in [0.25, 0.3) is 0 Å². The standard InChI is InChI=1S/C23H24FN3O2/c1-13-22(14(2)29-26-13)16-8-6-15(7-9-16)21(28)10-19-23-17(4-3-5-18(23)24)20-11-25-12-27(19)20/h3-5,11-12,15-16,19H,6-10H2,1-2H3. The Balaban J connectivity index is 1.31. The van der Waals surface area contributed by atoms with Gasteiger partial charge in [-0.2, -0.15) is 0 Å². The van der Waals surface area contributed by atoms with Crippen LogP contribution in [0.1, 0.15) is 66.6 Å². The van der Waals surface area contributed by atoms with Gasteiger partial charge in [-0.05, 0) is 51.5 Å². The summed E-state index contributed by atoms with van der Waals surface area (Å²) in [6, 6.07) is 4.80. The SMILES string of the molecule is Cc1noc(C)c1C1CCC(C(=O)CC2c3c(F)cccc3-c3cncn32)CC1. The summed E-state index contributed by atoms with van der Waals surface area (Å²) >= 11 is 0. The third-order valence-corrected chi connectivity index (χ3v) is 6.74. The van der Waals surface area contributed by atoms with E-state index in [1.165, 1.54) is 11.6 Å². The molecule has 5 nitrogen and oxygen atoms in total. The zero-order valence-corrected chi connectivity index (χ0v) is 16.7. The molecule has 150 valence electrons. The van der Waals surface area contributed by atoms with E-state index in [0.717, 1.165) is 48.4 Å². The molecular formula is C23H24FN3O2. The van der Waals surface area contributed by atoms with Crippen molar-refractivity contribution in [2.75, 3.05) is 0 Å². The second-order valence-corrected chi connectivity index (χ2v) is 8.36. The first-order chi connectivity index (χ1) is 14.0. The first-order valence-electron chi connectivity index (χ1n) is 10.3. The van der Waals surface area contributed by atoms with Crippen LogP contribution in [0.3, 0.4) is 0 Å². The highest BCUT2D eigenvalue weighted by Crippen LogP contribution is 2.44. The Hall–Kier alpha value is -2.76. The van der Waals surface area contributed by atoms with Crippen LogP contribution >= 0.6 is 0 Å². The number of carbonyl (C=O) groups is 1. The maximum absolute atomic E-state index is 14.6. The fourth-order valence-corrected chi connectivity index (χ4v) is 5.33. The smallest absolute Gasteiger partial charge is 0.138 e. The zero-order chi connectivity index (χ0) is 20.1. The Morgan fingerprint density at radius 3 is 2.72 bits per heavy atom. The summed E-state index contributed by atoms with van der Waals surface area (Å²) < 4.78 is 21.9. The molecule has 0 saturated heterocycles. The molecule has 29 heavy (non-hydrogen) atoms. The molecule has 1 fully saturated rings. The number of aryl methyl sites for hydroxylation is 2. The number of imidazole rings is 1. The lowest BCUT2D eigenvalue weighted by Gasteiger charge is -2.28. The molecule has 2 aliphatic rings. The van der Waals surface area contributed by atoms with Gasteiger partial charge in [0, 0.05) is 29.0 Å². The summed E-state index contributed by atoms with van der Waals surface area (Å²) in [5.41, 5.74) is 4.54. The van der Waals surface area contributed by atoms with Crippen LogP contribution in [0, 0.1) is 25.6 Å². The van der Waals surface area contributed by atoms with Gasteiger partial charge in [-0.15, -0.1) is 0 Å². The molecular weight excluding hydrogens is 369 g/mol. The maximum Gasteiger partial charge on any atom is 0.138 e. The highest BCUT2D eigenvalue weighted by atomic mass is 19.1. The first-order valence-corrected chi connectivity index (χ1v) is 10.3. The van der Waals surface area contributed by atoms with E-state index in [0.29, 0.717) is 17.9 Å². The quantitative estimate of drug-likeness (QED) is 0.616. The van der Waals surface area contributed by atoms with Crippen LogP contribution in [0.25, 0.3) is 11.3 Å². The Bertz CT molecular complexity index is 1060. The lowest BCUT2D eigenvalue weighted by molar-refractivity contribution is -0.124. The topological polar surface area (TPSA) is 60.9 Å². The third-order valence-electron chi connectivity index (χ3n) is 6.74. The monoisotopic (exact) mass is 393 g/mol. The summed E-state index contributed by atoms with van der Waals surface area (Å²) in [6.45, 7) is 3.94. The van der Waals surface area contributed by atoms with E-state index >= 15 is 0 Å². The van der Waals surface area contributed by atoms with Crippen molar-refractivity contribution in [3.05, 3.63) is 59.1 Å². The van der Waals surface area contributed by atoms with Crippen molar-refractivity contribution in [3.8, 4) is 11.3 Å². The number of hydrogen-bond acceptors (Lipinski definition) is 4. The van der Waals surface area contributed by atoms with Crippen molar-refractivity contribution < 1.29 is 13.7 Å². The van der Waals surface area contributed by atoms with Gasteiger partial charge in [0.2, 0.25) is 0 Å². The van der Waals surface area contributed by atoms with E-state index in [4.69, 9.17) is 4.52 Å². The van der Waals surface area contributed by atoms with Crippen molar-refractivity contribution in [1.82, 2.24) is 14.7 Å². The largest absolute Gasteiger partial charge is 0.361 e. The molecule has 5 rings (SSSR count). The zero-order valence-electron chi connectivity index (χ0n) is 16.7. The van der Waals surface area contributed by atoms with Crippen molar-refractivity contribution in [1.29, 1.82) is 0 Å². The molecule has 0 spiro atoms. The van der Waals surface area contributed by atoms with Crippen molar-refractivity contribution in [2.45, 2.75) is 57.9 Å². The number of hydrogen-bond donors (Lipinski definition) is 0. The number of nitrogens with zero attached hydrogens (tertiary/aromatic N) is 3.